The third kappa shape index (κ3) is 3.47. The van der Waals surface area contributed by atoms with Gasteiger partial charge in [0.05, 0.1) is 10.7 Å². The summed E-state index contributed by atoms with van der Waals surface area (Å²) in [6.07, 6.45) is 1.01. The van der Waals surface area contributed by atoms with Crippen LogP contribution in [0, 0.1) is 0 Å². The van der Waals surface area contributed by atoms with Gasteiger partial charge in [-0.2, -0.15) is 0 Å². The van der Waals surface area contributed by atoms with Gasteiger partial charge in [-0.1, -0.05) is 17.7 Å². The second kappa shape index (κ2) is 6.37. The molecule has 2 rings (SSSR count). The van der Waals surface area contributed by atoms with Crippen molar-refractivity contribution in [1.29, 1.82) is 0 Å². The lowest BCUT2D eigenvalue weighted by Gasteiger charge is -2.26. The topological polar surface area (TPSA) is 42.1 Å². The molecule has 0 aromatic carbocycles. The van der Waals surface area contributed by atoms with Crippen molar-refractivity contribution >= 4 is 28.8 Å². The predicted octanol–water partition coefficient (Wildman–Crippen LogP) is 3.32. The first-order chi connectivity index (χ1) is 9.11. The first kappa shape index (κ1) is 14.3. The van der Waals surface area contributed by atoms with Gasteiger partial charge in [0.1, 0.15) is 5.82 Å². The molecule has 0 aliphatic rings. The minimum atomic E-state index is 0.361. The molecule has 2 aromatic rings. The summed E-state index contributed by atoms with van der Waals surface area (Å²) < 4.78 is 0. The maximum Gasteiger partial charge on any atom is 0.128 e. The second-order valence-corrected chi connectivity index (χ2v) is 5.98. The molecule has 102 valence electrons. The normalized spacial score (nSPS) is 12.4. The van der Waals surface area contributed by atoms with Gasteiger partial charge in [0.25, 0.3) is 0 Å². The zero-order valence-corrected chi connectivity index (χ0v) is 12.7. The molecule has 2 N–H and O–H groups in total. The van der Waals surface area contributed by atoms with Crippen LogP contribution in [0.4, 0.5) is 5.82 Å². The fourth-order valence-corrected chi connectivity index (χ4v) is 2.90. The Kier molecular flexibility index (Phi) is 4.80. The number of nitrogens with zero attached hydrogens (tertiary/aromatic N) is 2. The molecule has 0 radical (unpaired) electrons. The van der Waals surface area contributed by atoms with Crippen LogP contribution >= 0.6 is 22.9 Å². The molecule has 5 heteroatoms. The average Bonchev–Trinajstić information content (AvgIpc) is 2.91. The molecule has 2 heterocycles. The summed E-state index contributed by atoms with van der Waals surface area (Å²) in [5.74, 6) is 0.911. The van der Waals surface area contributed by atoms with E-state index in [-0.39, 0.29) is 0 Å². The minimum Gasteiger partial charge on any atom is -0.357 e. The average molecular weight is 296 g/mol. The van der Waals surface area contributed by atoms with Crippen LogP contribution in [-0.2, 0) is 13.0 Å². The van der Waals surface area contributed by atoms with Gasteiger partial charge in [-0.3, -0.25) is 0 Å². The zero-order valence-electron chi connectivity index (χ0n) is 11.1. The van der Waals surface area contributed by atoms with Crippen molar-refractivity contribution in [3.63, 3.8) is 0 Å². The Hall–Kier alpha value is -1.10. The third-order valence-corrected chi connectivity index (χ3v) is 4.44. The number of hydrogen-bond acceptors (Lipinski definition) is 4. The van der Waals surface area contributed by atoms with Crippen molar-refractivity contribution in [1.82, 2.24) is 4.98 Å². The molecule has 0 fully saturated rings. The van der Waals surface area contributed by atoms with Crippen LogP contribution in [-0.4, -0.2) is 18.1 Å². The van der Waals surface area contributed by atoms with Crippen molar-refractivity contribution in [2.75, 3.05) is 11.9 Å². The quantitative estimate of drug-likeness (QED) is 0.920. The van der Waals surface area contributed by atoms with Crippen LogP contribution in [0.1, 0.15) is 17.5 Å². The van der Waals surface area contributed by atoms with Gasteiger partial charge in [0, 0.05) is 30.9 Å². The lowest BCUT2D eigenvalue weighted by molar-refractivity contribution is 0.678. The summed E-state index contributed by atoms with van der Waals surface area (Å²) in [6.45, 7) is 2.55. The van der Waals surface area contributed by atoms with Crippen LogP contribution in [0.15, 0.2) is 29.6 Å². The molecule has 1 unspecified atom stereocenters. The van der Waals surface area contributed by atoms with Crippen molar-refractivity contribution in [2.24, 2.45) is 5.73 Å². The van der Waals surface area contributed by atoms with E-state index >= 15 is 0 Å². The summed E-state index contributed by atoms with van der Waals surface area (Å²) >= 11 is 7.82. The number of aromatic nitrogens is 1. The number of nitrogens with two attached hydrogens (primary N) is 1. The van der Waals surface area contributed by atoms with E-state index in [1.165, 1.54) is 4.88 Å². The molecule has 0 spiro atoms. The van der Waals surface area contributed by atoms with Crippen LogP contribution in [0.2, 0.25) is 5.02 Å². The fourth-order valence-electron chi connectivity index (χ4n) is 1.90. The van der Waals surface area contributed by atoms with E-state index in [4.69, 9.17) is 17.3 Å². The smallest absolute Gasteiger partial charge is 0.128 e. The molecule has 1 atom stereocenters. The molecule has 0 aliphatic heterocycles. The number of pyridine rings is 1. The Bertz CT molecular complexity index is 527. The van der Waals surface area contributed by atoms with Crippen molar-refractivity contribution in [2.45, 2.75) is 25.9 Å². The van der Waals surface area contributed by atoms with Crippen LogP contribution in [0.5, 0.6) is 0 Å². The standard InChI is InChI=1S/C14H18ClN3S/c1-10(8-11-4-3-7-19-11)18(2)14-6-5-12(15)13(9-16)17-14/h3-7,10H,8-9,16H2,1-2H3. The number of hydrogen-bond donors (Lipinski definition) is 1. The summed E-state index contributed by atoms with van der Waals surface area (Å²) in [4.78, 5) is 8.06. The van der Waals surface area contributed by atoms with Crippen molar-refractivity contribution in [3.8, 4) is 0 Å². The number of halogens is 1. The van der Waals surface area contributed by atoms with Crippen LogP contribution in [0.25, 0.3) is 0 Å². The van der Waals surface area contributed by atoms with E-state index in [1.807, 2.05) is 12.1 Å². The lowest BCUT2D eigenvalue weighted by atomic mass is 10.2. The molecule has 0 saturated carbocycles. The van der Waals surface area contributed by atoms with Gasteiger partial charge < -0.3 is 10.6 Å². The Labute approximate surface area is 123 Å². The molecular weight excluding hydrogens is 278 g/mol. The van der Waals surface area contributed by atoms with Gasteiger partial charge in [0.15, 0.2) is 0 Å². The largest absolute Gasteiger partial charge is 0.357 e. The Morgan fingerprint density at radius 1 is 1.42 bits per heavy atom. The molecule has 0 aliphatic carbocycles. The predicted molar refractivity (Wildman–Crippen MR) is 83.0 cm³/mol. The summed E-state index contributed by atoms with van der Waals surface area (Å²) in [6, 6.07) is 8.42. The van der Waals surface area contributed by atoms with E-state index in [0.717, 1.165) is 17.9 Å². The van der Waals surface area contributed by atoms with Crippen molar-refractivity contribution in [3.05, 3.63) is 45.2 Å². The summed E-state index contributed by atoms with van der Waals surface area (Å²) in [5, 5.41) is 2.74. The van der Waals surface area contributed by atoms with Gasteiger partial charge in [0.2, 0.25) is 0 Å². The molecular formula is C14H18ClN3S. The summed E-state index contributed by atoms with van der Waals surface area (Å²) in [5.41, 5.74) is 6.39. The first-order valence-corrected chi connectivity index (χ1v) is 7.48. The number of likely N-dealkylation sites (N-methyl/N-ethyl adjacent to an activating group) is 1. The molecule has 19 heavy (non-hydrogen) atoms. The monoisotopic (exact) mass is 295 g/mol. The van der Waals surface area contributed by atoms with E-state index < -0.39 is 0 Å². The Morgan fingerprint density at radius 3 is 2.84 bits per heavy atom. The molecule has 0 saturated heterocycles. The van der Waals surface area contributed by atoms with Gasteiger partial charge >= 0.3 is 0 Å². The van der Waals surface area contributed by atoms with Crippen LogP contribution < -0.4 is 10.6 Å². The maximum atomic E-state index is 6.04. The second-order valence-electron chi connectivity index (χ2n) is 4.55. The molecule has 0 amide bonds. The molecule has 2 aromatic heterocycles. The highest BCUT2D eigenvalue weighted by Crippen LogP contribution is 2.21. The van der Waals surface area contributed by atoms with E-state index in [0.29, 0.717) is 17.6 Å². The van der Waals surface area contributed by atoms with E-state index in [9.17, 15) is 0 Å². The lowest BCUT2D eigenvalue weighted by Crippen LogP contribution is -2.31. The zero-order chi connectivity index (χ0) is 13.8. The summed E-state index contributed by atoms with van der Waals surface area (Å²) in [7, 11) is 2.05. The van der Waals surface area contributed by atoms with Gasteiger partial charge in [-0.05, 0) is 30.5 Å². The third-order valence-electron chi connectivity index (χ3n) is 3.20. The van der Waals surface area contributed by atoms with Crippen LogP contribution in [0.3, 0.4) is 0 Å². The Balaban J connectivity index is 2.12. The van der Waals surface area contributed by atoms with E-state index in [2.05, 4.69) is 41.4 Å². The highest BCUT2D eigenvalue weighted by Gasteiger charge is 2.13. The molecule has 0 bridgehead atoms. The van der Waals surface area contributed by atoms with Gasteiger partial charge in [-0.25, -0.2) is 4.98 Å². The van der Waals surface area contributed by atoms with Gasteiger partial charge in [-0.15, -0.1) is 11.3 Å². The maximum absolute atomic E-state index is 6.04. The van der Waals surface area contributed by atoms with Crippen molar-refractivity contribution < 1.29 is 0 Å². The SMILES string of the molecule is CC(Cc1cccs1)N(C)c1ccc(Cl)c(CN)n1. The highest BCUT2D eigenvalue weighted by molar-refractivity contribution is 7.09. The molecule has 3 nitrogen and oxygen atoms in total. The highest BCUT2D eigenvalue weighted by atomic mass is 35.5. The van der Waals surface area contributed by atoms with E-state index in [1.54, 1.807) is 11.3 Å². The fraction of sp³-hybridized carbons (Fsp3) is 0.357. The minimum absolute atomic E-state index is 0.361. The number of thiophene rings is 1. The Morgan fingerprint density at radius 2 is 2.21 bits per heavy atom. The number of rotatable bonds is 5. The number of anilines is 1. The first-order valence-electron chi connectivity index (χ1n) is 6.22.